The van der Waals surface area contributed by atoms with Crippen LogP contribution in [0.5, 0.6) is 0 Å². The van der Waals surface area contributed by atoms with Gasteiger partial charge in [0.05, 0.1) is 5.92 Å². The van der Waals surface area contributed by atoms with Crippen molar-refractivity contribution in [2.45, 2.75) is 19.3 Å². The molecule has 0 bridgehead atoms. The highest BCUT2D eigenvalue weighted by Gasteiger charge is 2.30. The van der Waals surface area contributed by atoms with Crippen LogP contribution in [0.1, 0.15) is 35.2 Å². The SMILES string of the molecule is C=C1Nc2ccccc2C(C)=C1C(c1ccccc1)c1[nH]c2ccccc2c1CCO. The Kier molecular flexibility index (Phi) is 4.97. The van der Waals surface area contributed by atoms with Gasteiger partial charge in [0.15, 0.2) is 0 Å². The maximum Gasteiger partial charge on any atom is 0.0517 e. The van der Waals surface area contributed by atoms with Gasteiger partial charge in [-0.2, -0.15) is 0 Å². The number of allylic oxidation sites excluding steroid dienone is 2. The van der Waals surface area contributed by atoms with E-state index in [0.29, 0.717) is 6.42 Å². The van der Waals surface area contributed by atoms with Crippen LogP contribution in [0.3, 0.4) is 0 Å². The fourth-order valence-corrected chi connectivity index (χ4v) is 4.88. The van der Waals surface area contributed by atoms with E-state index in [-0.39, 0.29) is 12.5 Å². The molecule has 2 heterocycles. The van der Waals surface area contributed by atoms with E-state index < -0.39 is 0 Å². The average molecular weight is 407 g/mol. The van der Waals surface area contributed by atoms with Crippen molar-refractivity contribution in [3.8, 4) is 0 Å². The molecule has 0 fully saturated rings. The van der Waals surface area contributed by atoms with Crippen molar-refractivity contribution in [2.75, 3.05) is 11.9 Å². The van der Waals surface area contributed by atoms with E-state index in [0.717, 1.165) is 22.6 Å². The lowest BCUT2D eigenvalue weighted by molar-refractivity contribution is 0.299. The fraction of sp³-hybridized carbons (Fsp3) is 0.143. The van der Waals surface area contributed by atoms with Gasteiger partial charge in [0.1, 0.15) is 0 Å². The summed E-state index contributed by atoms with van der Waals surface area (Å²) in [6.07, 6.45) is 0.603. The molecule has 5 rings (SSSR count). The zero-order valence-corrected chi connectivity index (χ0v) is 17.7. The Bertz CT molecular complexity index is 1300. The highest BCUT2D eigenvalue weighted by Crippen LogP contribution is 2.45. The van der Waals surface area contributed by atoms with E-state index in [1.54, 1.807) is 0 Å². The van der Waals surface area contributed by atoms with Crippen molar-refractivity contribution in [3.63, 3.8) is 0 Å². The third kappa shape index (κ3) is 3.28. The number of aromatic amines is 1. The van der Waals surface area contributed by atoms with Crippen LogP contribution in [0.2, 0.25) is 0 Å². The molecule has 0 aliphatic carbocycles. The lowest BCUT2D eigenvalue weighted by Gasteiger charge is -2.31. The van der Waals surface area contributed by atoms with E-state index >= 15 is 0 Å². The molecule has 1 aliphatic heterocycles. The van der Waals surface area contributed by atoms with Crippen molar-refractivity contribution in [2.24, 2.45) is 0 Å². The molecule has 3 N–H and O–H groups in total. The molecule has 0 radical (unpaired) electrons. The Balaban J connectivity index is 1.81. The van der Waals surface area contributed by atoms with E-state index in [1.165, 1.54) is 33.2 Å². The number of hydrogen-bond acceptors (Lipinski definition) is 2. The zero-order valence-electron chi connectivity index (χ0n) is 17.7. The van der Waals surface area contributed by atoms with Crippen molar-refractivity contribution < 1.29 is 5.11 Å². The summed E-state index contributed by atoms with van der Waals surface area (Å²) < 4.78 is 0. The quantitative estimate of drug-likeness (QED) is 0.367. The van der Waals surface area contributed by atoms with Crippen molar-refractivity contribution >= 4 is 22.2 Å². The number of rotatable bonds is 5. The molecular weight excluding hydrogens is 380 g/mol. The second-order valence-corrected chi connectivity index (χ2v) is 8.07. The third-order valence-corrected chi connectivity index (χ3v) is 6.26. The van der Waals surface area contributed by atoms with E-state index in [2.05, 4.69) is 84.5 Å². The van der Waals surface area contributed by atoms with Gasteiger partial charge in [-0.3, -0.25) is 0 Å². The maximum atomic E-state index is 9.86. The van der Waals surface area contributed by atoms with Crippen LogP contribution in [-0.4, -0.2) is 16.7 Å². The van der Waals surface area contributed by atoms with E-state index in [9.17, 15) is 5.11 Å². The Morgan fingerprint density at radius 1 is 0.903 bits per heavy atom. The van der Waals surface area contributed by atoms with Crippen molar-refractivity contribution in [1.29, 1.82) is 0 Å². The lowest BCUT2D eigenvalue weighted by atomic mass is 9.79. The predicted octanol–water partition coefficient (Wildman–Crippen LogP) is 6.25. The van der Waals surface area contributed by atoms with Gasteiger partial charge in [-0.1, -0.05) is 73.3 Å². The van der Waals surface area contributed by atoms with Crippen molar-refractivity contribution in [1.82, 2.24) is 4.98 Å². The van der Waals surface area contributed by atoms with Crippen LogP contribution < -0.4 is 5.32 Å². The summed E-state index contributed by atoms with van der Waals surface area (Å²) in [5, 5.41) is 14.6. The first kappa shape index (κ1) is 19.4. The number of hydrogen-bond donors (Lipinski definition) is 3. The molecule has 1 atom stereocenters. The molecule has 1 aliphatic rings. The minimum Gasteiger partial charge on any atom is -0.396 e. The number of aliphatic hydroxyl groups excluding tert-OH is 1. The minimum atomic E-state index is -0.0245. The molecule has 1 unspecified atom stereocenters. The first-order valence-electron chi connectivity index (χ1n) is 10.7. The molecule has 3 aromatic carbocycles. The first-order valence-corrected chi connectivity index (χ1v) is 10.7. The summed E-state index contributed by atoms with van der Waals surface area (Å²) >= 11 is 0. The van der Waals surface area contributed by atoms with Crippen molar-refractivity contribution in [3.05, 3.63) is 119 Å². The number of aliphatic hydroxyl groups is 1. The van der Waals surface area contributed by atoms with E-state index in [1.807, 2.05) is 18.2 Å². The number of fused-ring (bicyclic) bond motifs is 2. The third-order valence-electron chi connectivity index (χ3n) is 6.26. The average Bonchev–Trinajstić information content (AvgIpc) is 3.15. The smallest absolute Gasteiger partial charge is 0.0517 e. The highest BCUT2D eigenvalue weighted by atomic mass is 16.2. The summed E-state index contributed by atoms with van der Waals surface area (Å²) in [5.41, 5.74) is 10.2. The molecule has 4 aromatic rings. The molecule has 0 saturated heterocycles. The highest BCUT2D eigenvalue weighted by molar-refractivity contribution is 5.89. The van der Waals surface area contributed by atoms with E-state index in [4.69, 9.17) is 0 Å². The fourth-order valence-electron chi connectivity index (χ4n) is 4.88. The number of nitrogens with one attached hydrogen (secondary N) is 2. The number of aromatic nitrogens is 1. The van der Waals surface area contributed by atoms with Gasteiger partial charge in [-0.05, 0) is 47.8 Å². The largest absolute Gasteiger partial charge is 0.396 e. The normalized spacial score (nSPS) is 14.5. The molecule has 1 aromatic heterocycles. The molecule has 3 heteroatoms. The number of para-hydroxylation sites is 2. The zero-order chi connectivity index (χ0) is 21.4. The predicted molar refractivity (Wildman–Crippen MR) is 129 cm³/mol. The summed E-state index contributed by atoms with van der Waals surface area (Å²) in [5.74, 6) is -0.0245. The molecule has 154 valence electrons. The van der Waals surface area contributed by atoms with Gasteiger partial charge >= 0.3 is 0 Å². The minimum absolute atomic E-state index is 0.0245. The maximum absolute atomic E-state index is 9.86. The van der Waals surface area contributed by atoms with Crippen LogP contribution in [0, 0.1) is 0 Å². The molecule has 3 nitrogen and oxygen atoms in total. The van der Waals surface area contributed by atoms with Crippen LogP contribution in [0.15, 0.2) is 96.7 Å². The first-order chi connectivity index (χ1) is 15.2. The Morgan fingerprint density at radius 2 is 1.61 bits per heavy atom. The number of anilines is 1. The topological polar surface area (TPSA) is 48.0 Å². The summed E-state index contributed by atoms with van der Waals surface area (Å²) in [6, 6.07) is 27.3. The molecule has 31 heavy (non-hydrogen) atoms. The van der Waals surface area contributed by atoms with Crippen LogP contribution in [-0.2, 0) is 6.42 Å². The molecular formula is C28H26N2O. The molecule has 0 spiro atoms. The van der Waals surface area contributed by atoms with Gasteiger partial charge in [-0.15, -0.1) is 0 Å². The van der Waals surface area contributed by atoms with Crippen LogP contribution >= 0.6 is 0 Å². The van der Waals surface area contributed by atoms with Gasteiger partial charge in [0.2, 0.25) is 0 Å². The second-order valence-electron chi connectivity index (χ2n) is 8.07. The molecule has 0 amide bonds. The number of benzene rings is 3. The second kappa shape index (κ2) is 7.93. The van der Waals surface area contributed by atoms with Crippen LogP contribution in [0.4, 0.5) is 5.69 Å². The summed E-state index contributed by atoms with van der Waals surface area (Å²) in [4.78, 5) is 3.70. The molecule has 0 saturated carbocycles. The van der Waals surface area contributed by atoms with Crippen LogP contribution in [0.25, 0.3) is 16.5 Å². The van der Waals surface area contributed by atoms with Gasteiger partial charge < -0.3 is 15.4 Å². The van der Waals surface area contributed by atoms with Gasteiger partial charge in [0, 0.05) is 40.2 Å². The summed E-state index contributed by atoms with van der Waals surface area (Å²) in [7, 11) is 0. The Morgan fingerprint density at radius 3 is 2.42 bits per heavy atom. The number of H-pyrrole nitrogens is 1. The Labute approximate surface area is 182 Å². The Hall–Kier alpha value is -3.56. The van der Waals surface area contributed by atoms with Gasteiger partial charge in [-0.25, -0.2) is 0 Å². The van der Waals surface area contributed by atoms with Gasteiger partial charge in [0.25, 0.3) is 0 Å². The standard InChI is InChI=1S/C28H26N2O/c1-18-21-12-6-8-14-24(21)29-19(2)26(18)27(20-10-4-3-5-11-20)28-23(16-17-31)22-13-7-9-15-25(22)30-28/h3-15,27,29-31H,2,16-17H2,1H3. The monoisotopic (exact) mass is 406 g/mol. The summed E-state index contributed by atoms with van der Waals surface area (Å²) in [6.45, 7) is 6.71. The lowest BCUT2D eigenvalue weighted by Crippen LogP contribution is -2.18.